The number of anilines is 1. The van der Waals surface area contributed by atoms with Crippen LogP contribution in [0.3, 0.4) is 0 Å². The third-order valence-corrected chi connectivity index (χ3v) is 10.1. The standard InChI is InChI=1S/C6H6I5NS/c7-13(8,9,10,11)6-3-1-5(12)2-4-6/h1-4H,12H2. The van der Waals surface area contributed by atoms with E-state index in [0.29, 0.717) is 0 Å². The fraction of sp³-hybridized carbons (Fsp3) is 0. The highest BCUT2D eigenvalue weighted by molar-refractivity contribution is 14.7. The zero-order chi connectivity index (χ0) is 10.4. The molecule has 0 aliphatic heterocycles. The number of rotatable bonds is 1. The van der Waals surface area contributed by atoms with Crippen LogP contribution in [0.25, 0.3) is 0 Å². The predicted molar refractivity (Wildman–Crippen MR) is 107 cm³/mol. The minimum Gasteiger partial charge on any atom is -0.399 e. The van der Waals surface area contributed by atoms with Crippen molar-refractivity contribution in [1.82, 2.24) is 0 Å². The van der Waals surface area contributed by atoms with Crippen LogP contribution in [0, 0.1) is 0 Å². The van der Waals surface area contributed by atoms with Crippen LogP contribution in [0.1, 0.15) is 0 Å². The zero-order valence-electron chi connectivity index (χ0n) is 6.18. The quantitative estimate of drug-likeness (QED) is 0.266. The van der Waals surface area contributed by atoms with E-state index < -0.39 is -5.85 Å². The molecule has 76 valence electrons. The molecular formula is C6H6I5NS. The number of hydrogen-bond donors (Lipinski definition) is 1. The molecule has 0 amide bonds. The molecule has 1 aromatic rings. The van der Waals surface area contributed by atoms with Crippen LogP contribution >= 0.6 is 100 Å². The maximum Gasteiger partial charge on any atom is 0.0314 e. The summed E-state index contributed by atoms with van der Waals surface area (Å²) in [6.07, 6.45) is 0. The van der Waals surface area contributed by atoms with Crippen molar-refractivity contribution in [3.8, 4) is 0 Å². The van der Waals surface area contributed by atoms with Crippen molar-refractivity contribution in [2.75, 3.05) is 5.73 Å². The molecule has 0 bridgehead atoms. The van der Waals surface area contributed by atoms with Crippen molar-refractivity contribution in [3.63, 3.8) is 0 Å². The molecule has 2 N–H and O–H groups in total. The third kappa shape index (κ3) is 4.80. The second-order valence-corrected chi connectivity index (χ2v) is 88.5. The van der Waals surface area contributed by atoms with Gasteiger partial charge < -0.3 is 5.73 Å². The van der Waals surface area contributed by atoms with Crippen LogP contribution in [0.2, 0.25) is 0 Å². The molecule has 0 spiro atoms. The maximum atomic E-state index is 5.66. The molecule has 0 aliphatic rings. The van der Waals surface area contributed by atoms with E-state index in [4.69, 9.17) is 5.73 Å². The van der Waals surface area contributed by atoms with Gasteiger partial charge in [-0.15, -0.1) is 0 Å². The summed E-state index contributed by atoms with van der Waals surface area (Å²) in [5.74, 6) is 0. The van der Waals surface area contributed by atoms with E-state index in [9.17, 15) is 0 Å². The van der Waals surface area contributed by atoms with Crippen molar-refractivity contribution < 1.29 is 0 Å². The maximum absolute atomic E-state index is 5.66. The fourth-order valence-corrected chi connectivity index (χ4v) is 5.78. The summed E-state index contributed by atoms with van der Waals surface area (Å²) in [6, 6.07) is 8.15. The molecule has 7 heteroatoms. The van der Waals surface area contributed by atoms with Gasteiger partial charge in [-0.25, -0.2) is 0 Å². The molecule has 13 heavy (non-hydrogen) atoms. The lowest BCUT2D eigenvalue weighted by molar-refractivity contribution is 1.47. The Balaban J connectivity index is 3.34. The van der Waals surface area contributed by atoms with E-state index in [-0.39, 0.29) is 0 Å². The highest BCUT2D eigenvalue weighted by Gasteiger charge is 2.50. The Bertz CT molecular complexity index is 325. The Morgan fingerprint density at radius 1 is 0.846 bits per heavy atom. The van der Waals surface area contributed by atoms with Crippen LogP contribution in [0.5, 0.6) is 0 Å². The van der Waals surface area contributed by atoms with Crippen LogP contribution < -0.4 is 5.73 Å². The van der Waals surface area contributed by atoms with Crippen LogP contribution in [-0.2, 0) is 0 Å². The second kappa shape index (κ2) is 3.76. The summed E-state index contributed by atoms with van der Waals surface area (Å²) >= 11 is 12.7. The van der Waals surface area contributed by atoms with Gasteiger partial charge in [-0.3, -0.25) is 0 Å². The summed E-state index contributed by atoms with van der Waals surface area (Å²) in [5.41, 5.74) is 6.48. The topological polar surface area (TPSA) is 26.0 Å². The Labute approximate surface area is 137 Å². The largest absolute Gasteiger partial charge is 0.399 e. The molecule has 0 unspecified atom stereocenters. The highest BCUT2D eigenvalue weighted by atomic mass is 127. The SMILES string of the molecule is Nc1ccc(S(I)(I)(I)(I)I)cc1. The number of nitrogen functional groups attached to an aromatic ring is 1. The van der Waals surface area contributed by atoms with E-state index in [0.717, 1.165) is 5.69 Å². The molecule has 0 radical (unpaired) electrons. The van der Waals surface area contributed by atoms with E-state index in [1.165, 1.54) is 4.90 Å². The van der Waals surface area contributed by atoms with Gasteiger partial charge in [0.2, 0.25) is 0 Å². The molecule has 0 fully saturated rings. The first-order valence-electron chi connectivity index (χ1n) is 3.09. The van der Waals surface area contributed by atoms with Crippen molar-refractivity contribution >= 4 is 106 Å². The van der Waals surface area contributed by atoms with Crippen molar-refractivity contribution in [3.05, 3.63) is 24.3 Å². The van der Waals surface area contributed by atoms with E-state index in [1.807, 2.05) is 12.1 Å². The van der Waals surface area contributed by atoms with Gasteiger partial charge in [0.1, 0.15) is 0 Å². The van der Waals surface area contributed by atoms with Gasteiger partial charge in [0.05, 0.1) is 0 Å². The normalized spacial score (nSPS) is 17.6. The monoisotopic (exact) mass is 759 g/mol. The van der Waals surface area contributed by atoms with Crippen LogP contribution in [0.4, 0.5) is 5.69 Å². The average Bonchev–Trinajstić information content (AvgIpc) is 1.82. The molecule has 1 rings (SSSR count). The van der Waals surface area contributed by atoms with Gasteiger partial charge in [0.15, 0.2) is 0 Å². The van der Waals surface area contributed by atoms with Gasteiger partial charge >= 0.3 is 0 Å². The lowest BCUT2D eigenvalue weighted by Gasteiger charge is -2.53. The lowest BCUT2D eigenvalue weighted by atomic mass is 10.3. The number of benzene rings is 1. The molecule has 1 aromatic carbocycles. The average molecular weight is 759 g/mol. The van der Waals surface area contributed by atoms with Gasteiger partial charge in [-0.1, -0.05) is 0 Å². The summed E-state index contributed by atoms with van der Waals surface area (Å²) < 4.78 is -2.16. The number of hydrogen-bond acceptors (Lipinski definition) is 1. The Morgan fingerprint density at radius 3 is 1.54 bits per heavy atom. The van der Waals surface area contributed by atoms with Crippen molar-refractivity contribution in [1.29, 1.82) is 0 Å². The van der Waals surface area contributed by atoms with E-state index in [2.05, 4.69) is 118 Å². The van der Waals surface area contributed by atoms with E-state index in [1.54, 1.807) is 0 Å². The summed E-state index contributed by atoms with van der Waals surface area (Å²) in [4.78, 5) is 1.34. The molecule has 0 saturated heterocycles. The second-order valence-electron chi connectivity index (χ2n) is 2.54. The van der Waals surface area contributed by atoms with Gasteiger partial charge in [0.25, 0.3) is 0 Å². The summed E-state index contributed by atoms with van der Waals surface area (Å²) in [5, 5.41) is 0. The van der Waals surface area contributed by atoms with Crippen LogP contribution in [-0.4, -0.2) is 0 Å². The van der Waals surface area contributed by atoms with Crippen LogP contribution in [0.15, 0.2) is 29.2 Å². The first kappa shape index (κ1) is 14.1. The van der Waals surface area contributed by atoms with Gasteiger partial charge in [0, 0.05) is 10.6 Å². The molecule has 0 aliphatic carbocycles. The fourth-order valence-electron chi connectivity index (χ4n) is 0.725. The Morgan fingerprint density at radius 2 is 1.23 bits per heavy atom. The minimum absolute atomic E-state index is 0.822. The third-order valence-electron chi connectivity index (χ3n) is 1.33. The summed E-state index contributed by atoms with van der Waals surface area (Å²) in [6.45, 7) is 0. The lowest BCUT2D eigenvalue weighted by Crippen LogP contribution is -1.94. The smallest absolute Gasteiger partial charge is 0.0314 e. The van der Waals surface area contributed by atoms with Crippen molar-refractivity contribution in [2.45, 2.75) is 4.90 Å². The van der Waals surface area contributed by atoms with Gasteiger partial charge in [-0.05, 0) is 124 Å². The molecule has 1 nitrogen and oxygen atoms in total. The zero-order valence-corrected chi connectivity index (χ0v) is 17.8. The molecule has 0 atom stereocenters. The molecule has 0 aromatic heterocycles. The Kier molecular flexibility index (Phi) is 4.07. The molecule has 0 heterocycles. The number of halogens is 5. The highest BCUT2D eigenvalue weighted by Crippen LogP contribution is 3.21. The van der Waals surface area contributed by atoms with E-state index >= 15 is 0 Å². The predicted octanol–water partition coefficient (Wildman–Crippen LogP) is 6.25. The summed E-state index contributed by atoms with van der Waals surface area (Å²) in [7, 11) is 0. The first-order valence-corrected chi connectivity index (χ1v) is 18.2. The first-order chi connectivity index (χ1) is 5.49. The number of nitrogens with two attached hydrogens (primary N) is 1. The Hall–Kier alpha value is 3.02. The minimum atomic E-state index is -2.16. The molecule has 0 saturated carbocycles. The molecular weight excluding hydrogens is 753 g/mol. The van der Waals surface area contributed by atoms with Gasteiger partial charge in [-0.2, -0.15) is 0 Å². The van der Waals surface area contributed by atoms with Crippen molar-refractivity contribution in [2.24, 2.45) is 0 Å².